The maximum Gasteiger partial charge on any atom is 0.308 e. The molecule has 29 heavy (non-hydrogen) atoms. The molecular weight excluding hydrogens is 372 g/mol. The molecule has 0 radical (unpaired) electrons. The van der Waals surface area contributed by atoms with Crippen molar-refractivity contribution in [3.8, 4) is 28.4 Å². The SMILES string of the molecule is COc1cc2c(c3occ(-c4ccc(OC(C)=O)cc4)c(=O)c13)C=CC(C)(C)O2. The van der Waals surface area contributed by atoms with Gasteiger partial charge in [-0.1, -0.05) is 12.1 Å². The van der Waals surface area contributed by atoms with Gasteiger partial charge in [-0.15, -0.1) is 0 Å². The Morgan fingerprint density at radius 2 is 1.86 bits per heavy atom. The fourth-order valence-corrected chi connectivity index (χ4v) is 3.34. The molecule has 3 aromatic rings. The Labute approximate surface area is 167 Å². The molecule has 0 amide bonds. The number of methoxy groups -OCH3 is 1. The van der Waals surface area contributed by atoms with Crippen LogP contribution in [-0.2, 0) is 4.79 Å². The van der Waals surface area contributed by atoms with E-state index in [1.165, 1.54) is 20.3 Å². The maximum atomic E-state index is 13.3. The Hall–Kier alpha value is -3.54. The van der Waals surface area contributed by atoms with Gasteiger partial charge in [0.2, 0.25) is 5.43 Å². The molecule has 0 spiro atoms. The Bertz CT molecular complexity index is 1200. The van der Waals surface area contributed by atoms with Crippen LogP contribution >= 0.6 is 0 Å². The van der Waals surface area contributed by atoms with E-state index < -0.39 is 11.6 Å². The molecule has 6 heteroatoms. The molecule has 1 aliphatic rings. The first-order valence-corrected chi connectivity index (χ1v) is 9.13. The number of carbonyl (C=O) groups is 1. The van der Waals surface area contributed by atoms with Crippen LogP contribution in [0.15, 0.2) is 51.9 Å². The van der Waals surface area contributed by atoms with Crippen molar-refractivity contribution in [1.82, 2.24) is 0 Å². The molecule has 0 N–H and O–H groups in total. The second-order valence-corrected chi connectivity index (χ2v) is 7.33. The highest BCUT2D eigenvalue weighted by atomic mass is 16.5. The zero-order valence-corrected chi connectivity index (χ0v) is 16.6. The summed E-state index contributed by atoms with van der Waals surface area (Å²) >= 11 is 0. The van der Waals surface area contributed by atoms with Gasteiger partial charge in [0.15, 0.2) is 5.58 Å². The predicted octanol–water partition coefficient (Wildman–Crippen LogP) is 4.58. The number of hydrogen-bond acceptors (Lipinski definition) is 6. The summed E-state index contributed by atoms with van der Waals surface area (Å²) in [6, 6.07) is 8.37. The fraction of sp³-hybridized carbons (Fsp3) is 0.217. The molecule has 4 rings (SSSR count). The highest BCUT2D eigenvalue weighted by molar-refractivity contribution is 5.95. The van der Waals surface area contributed by atoms with Gasteiger partial charge in [0.1, 0.15) is 34.5 Å². The van der Waals surface area contributed by atoms with Crippen LogP contribution < -0.4 is 19.6 Å². The lowest BCUT2D eigenvalue weighted by atomic mass is 9.98. The lowest BCUT2D eigenvalue weighted by Gasteiger charge is -2.28. The summed E-state index contributed by atoms with van der Waals surface area (Å²) in [5.41, 5.74) is 1.46. The number of benzene rings is 2. The van der Waals surface area contributed by atoms with Crippen LogP contribution in [0.3, 0.4) is 0 Å². The van der Waals surface area contributed by atoms with Crippen molar-refractivity contribution >= 4 is 23.0 Å². The summed E-state index contributed by atoms with van der Waals surface area (Å²) in [7, 11) is 1.50. The van der Waals surface area contributed by atoms with Crippen molar-refractivity contribution in [2.24, 2.45) is 0 Å². The van der Waals surface area contributed by atoms with Crippen LogP contribution in [0.4, 0.5) is 0 Å². The Kier molecular flexibility index (Phi) is 4.42. The zero-order chi connectivity index (χ0) is 20.8. The Balaban J connectivity index is 1.88. The van der Waals surface area contributed by atoms with Crippen molar-refractivity contribution in [2.45, 2.75) is 26.4 Å². The molecule has 0 saturated heterocycles. The van der Waals surface area contributed by atoms with Gasteiger partial charge < -0.3 is 18.6 Å². The average molecular weight is 392 g/mol. The van der Waals surface area contributed by atoms with Crippen molar-refractivity contribution in [1.29, 1.82) is 0 Å². The largest absolute Gasteiger partial charge is 0.496 e. The molecule has 0 atom stereocenters. The Morgan fingerprint density at radius 3 is 2.52 bits per heavy atom. The van der Waals surface area contributed by atoms with Gasteiger partial charge in [-0.25, -0.2) is 0 Å². The van der Waals surface area contributed by atoms with E-state index in [-0.39, 0.29) is 5.43 Å². The smallest absolute Gasteiger partial charge is 0.308 e. The average Bonchev–Trinajstić information content (AvgIpc) is 2.67. The van der Waals surface area contributed by atoms with Gasteiger partial charge >= 0.3 is 5.97 Å². The van der Waals surface area contributed by atoms with E-state index >= 15 is 0 Å². The van der Waals surface area contributed by atoms with Crippen LogP contribution in [-0.4, -0.2) is 18.7 Å². The number of hydrogen-bond donors (Lipinski definition) is 0. The van der Waals surface area contributed by atoms with E-state index in [0.29, 0.717) is 44.9 Å². The predicted molar refractivity (Wildman–Crippen MR) is 110 cm³/mol. The number of carbonyl (C=O) groups excluding carboxylic acids is 1. The molecule has 0 unspecified atom stereocenters. The van der Waals surface area contributed by atoms with Gasteiger partial charge in [0.05, 0.1) is 18.2 Å². The monoisotopic (exact) mass is 392 g/mol. The number of esters is 1. The van der Waals surface area contributed by atoms with E-state index in [0.717, 1.165) is 0 Å². The molecular formula is C23H20O6. The van der Waals surface area contributed by atoms with Crippen LogP contribution in [0, 0.1) is 0 Å². The Morgan fingerprint density at radius 1 is 1.14 bits per heavy atom. The van der Waals surface area contributed by atoms with Gasteiger partial charge in [0.25, 0.3) is 0 Å². The quantitative estimate of drug-likeness (QED) is 0.480. The number of rotatable bonds is 3. The minimum atomic E-state index is -0.463. The minimum Gasteiger partial charge on any atom is -0.496 e. The van der Waals surface area contributed by atoms with Gasteiger partial charge in [-0.05, 0) is 43.7 Å². The van der Waals surface area contributed by atoms with Crippen LogP contribution in [0.2, 0.25) is 0 Å². The fourth-order valence-electron chi connectivity index (χ4n) is 3.34. The molecule has 2 heterocycles. The normalized spacial score (nSPS) is 14.2. The second kappa shape index (κ2) is 6.81. The molecule has 148 valence electrons. The van der Waals surface area contributed by atoms with E-state index in [4.69, 9.17) is 18.6 Å². The van der Waals surface area contributed by atoms with Crippen molar-refractivity contribution in [3.63, 3.8) is 0 Å². The highest BCUT2D eigenvalue weighted by Crippen LogP contribution is 2.40. The summed E-state index contributed by atoms with van der Waals surface area (Å²) in [5.74, 6) is 0.986. The number of ether oxygens (including phenoxy) is 3. The summed E-state index contributed by atoms with van der Waals surface area (Å²) < 4.78 is 22.4. The van der Waals surface area contributed by atoms with Crippen molar-refractivity contribution < 1.29 is 23.4 Å². The lowest BCUT2D eigenvalue weighted by Crippen LogP contribution is -2.27. The van der Waals surface area contributed by atoms with Crippen LogP contribution in [0.5, 0.6) is 17.2 Å². The van der Waals surface area contributed by atoms with E-state index in [1.807, 2.05) is 26.0 Å². The maximum absolute atomic E-state index is 13.3. The zero-order valence-electron chi connectivity index (χ0n) is 16.6. The summed E-state index contributed by atoms with van der Waals surface area (Å²) in [5, 5.41) is 0.348. The molecule has 2 aromatic carbocycles. The third kappa shape index (κ3) is 3.38. The van der Waals surface area contributed by atoms with E-state index in [1.54, 1.807) is 30.3 Å². The third-order valence-electron chi connectivity index (χ3n) is 4.68. The van der Waals surface area contributed by atoms with Crippen molar-refractivity contribution in [2.75, 3.05) is 7.11 Å². The molecule has 0 saturated carbocycles. The van der Waals surface area contributed by atoms with Gasteiger partial charge in [-0.2, -0.15) is 0 Å². The highest BCUT2D eigenvalue weighted by Gasteiger charge is 2.27. The van der Waals surface area contributed by atoms with Crippen LogP contribution in [0.1, 0.15) is 26.3 Å². The molecule has 0 fully saturated rings. The minimum absolute atomic E-state index is 0.218. The first kappa shape index (κ1) is 18.8. The molecule has 0 bridgehead atoms. The topological polar surface area (TPSA) is 75.0 Å². The summed E-state index contributed by atoms with van der Waals surface area (Å²) in [6.45, 7) is 5.22. The van der Waals surface area contributed by atoms with E-state index in [9.17, 15) is 9.59 Å². The van der Waals surface area contributed by atoms with Crippen LogP contribution in [0.25, 0.3) is 28.2 Å². The molecule has 0 aliphatic carbocycles. The summed E-state index contributed by atoms with van der Waals surface area (Å²) in [6.07, 6.45) is 5.25. The standard InChI is InChI=1S/C23H20O6/c1-13(24)28-15-7-5-14(6-8-15)17-12-27-22-16-9-10-23(2,3)29-18(16)11-19(26-4)20(22)21(17)25/h5-12H,1-4H3. The van der Waals surface area contributed by atoms with E-state index in [2.05, 4.69) is 0 Å². The van der Waals surface area contributed by atoms with Gasteiger partial charge in [0, 0.05) is 13.0 Å². The van der Waals surface area contributed by atoms with Crippen molar-refractivity contribution in [3.05, 3.63) is 58.5 Å². The first-order valence-electron chi connectivity index (χ1n) is 9.13. The molecule has 1 aromatic heterocycles. The molecule has 6 nitrogen and oxygen atoms in total. The first-order chi connectivity index (χ1) is 13.8. The van der Waals surface area contributed by atoms with Gasteiger partial charge in [-0.3, -0.25) is 9.59 Å². The second-order valence-electron chi connectivity index (χ2n) is 7.33. The molecule has 1 aliphatic heterocycles. The lowest BCUT2D eigenvalue weighted by molar-refractivity contribution is -0.131. The summed E-state index contributed by atoms with van der Waals surface area (Å²) in [4.78, 5) is 24.4. The number of fused-ring (bicyclic) bond motifs is 3. The third-order valence-corrected chi connectivity index (χ3v) is 4.68.